The average Bonchev–Trinajstić information content (AvgIpc) is 3.28. The Labute approximate surface area is 149 Å². The first-order valence-electron chi connectivity index (χ1n) is 7.74. The number of imidazole rings is 1. The van der Waals surface area contributed by atoms with Crippen molar-refractivity contribution < 1.29 is 13.2 Å². The van der Waals surface area contributed by atoms with Gasteiger partial charge in [0, 0.05) is 6.20 Å². The van der Waals surface area contributed by atoms with E-state index in [2.05, 4.69) is 9.97 Å². The highest BCUT2D eigenvalue weighted by atomic mass is 32.2. The van der Waals surface area contributed by atoms with Crippen LogP contribution >= 0.6 is 0 Å². The smallest absolute Gasteiger partial charge is 0.250 e. The number of para-hydroxylation sites is 1. The highest BCUT2D eigenvalue weighted by Crippen LogP contribution is 2.28. The minimum atomic E-state index is -3.74. The molecule has 3 N–H and O–H groups in total. The molecule has 4 rings (SSSR count). The Kier molecular flexibility index (Phi) is 3.62. The number of rotatable bonds is 4. The van der Waals surface area contributed by atoms with Gasteiger partial charge in [-0.25, -0.2) is 13.4 Å². The van der Waals surface area contributed by atoms with Gasteiger partial charge in [-0.05, 0) is 30.3 Å². The van der Waals surface area contributed by atoms with Gasteiger partial charge in [0.2, 0.25) is 9.84 Å². The monoisotopic (exact) mass is 366 g/mol. The Morgan fingerprint density at radius 2 is 1.81 bits per heavy atom. The quantitative estimate of drug-likeness (QED) is 0.577. The molecule has 0 aliphatic carbocycles. The highest BCUT2D eigenvalue weighted by Gasteiger charge is 2.24. The van der Waals surface area contributed by atoms with Crippen LogP contribution in [-0.2, 0) is 9.84 Å². The van der Waals surface area contributed by atoms with Gasteiger partial charge in [0.05, 0.1) is 21.7 Å². The Morgan fingerprint density at radius 3 is 2.54 bits per heavy atom. The first kappa shape index (κ1) is 16.1. The number of nitrogens with one attached hydrogen (secondary N) is 1. The lowest BCUT2D eigenvalue weighted by Gasteiger charge is -2.08. The summed E-state index contributed by atoms with van der Waals surface area (Å²) in [5.41, 5.74) is 7.10. The molecule has 0 aliphatic heterocycles. The minimum absolute atomic E-state index is 0.0486. The number of aromatic amines is 1. The van der Waals surface area contributed by atoms with Gasteiger partial charge in [0.25, 0.3) is 5.91 Å². The minimum Gasteiger partial charge on any atom is -0.366 e. The summed E-state index contributed by atoms with van der Waals surface area (Å²) < 4.78 is 27.6. The Bertz CT molecular complexity index is 1220. The van der Waals surface area contributed by atoms with Gasteiger partial charge < -0.3 is 10.7 Å². The van der Waals surface area contributed by atoms with Crippen molar-refractivity contribution in [2.45, 2.75) is 9.92 Å². The van der Waals surface area contributed by atoms with E-state index >= 15 is 0 Å². The van der Waals surface area contributed by atoms with Crippen LogP contribution < -0.4 is 5.73 Å². The molecule has 0 atom stereocenters. The first-order chi connectivity index (χ1) is 12.5. The molecule has 0 radical (unpaired) electrons. The number of benzene rings is 2. The van der Waals surface area contributed by atoms with E-state index in [9.17, 15) is 13.2 Å². The summed E-state index contributed by atoms with van der Waals surface area (Å²) in [6.07, 6.45) is 3.03. The molecule has 0 saturated carbocycles. The van der Waals surface area contributed by atoms with E-state index in [1.807, 2.05) is 0 Å². The van der Waals surface area contributed by atoms with Crippen molar-refractivity contribution in [2.75, 3.05) is 0 Å². The van der Waals surface area contributed by atoms with E-state index in [0.29, 0.717) is 16.7 Å². The van der Waals surface area contributed by atoms with Crippen LogP contribution in [0.1, 0.15) is 10.4 Å². The summed E-state index contributed by atoms with van der Waals surface area (Å²) in [6.45, 7) is 0. The number of H-pyrrole nitrogens is 1. The number of fused-ring (bicyclic) bond motifs is 1. The van der Waals surface area contributed by atoms with Crippen molar-refractivity contribution in [3.05, 3.63) is 72.7 Å². The standard InChI is InChI=1S/C18H14N4O3S/c19-17(23)13-7-4-8-14-16(13)21-11-22(14)15-9-10-20-18(15)26(24,25)12-5-2-1-3-6-12/h1-11,20H,(H2,19,23). The fourth-order valence-corrected chi connectivity index (χ4v) is 4.31. The zero-order valence-corrected chi connectivity index (χ0v) is 14.3. The molecule has 2 aromatic carbocycles. The fraction of sp³-hybridized carbons (Fsp3) is 0. The molecule has 0 saturated heterocycles. The molecule has 26 heavy (non-hydrogen) atoms. The van der Waals surface area contributed by atoms with Crippen LogP contribution in [-0.4, -0.2) is 28.9 Å². The number of nitrogens with two attached hydrogens (primary N) is 1. The second-order valence-electron chi connectivity index (χ2n) is 5.66. The fourth-order valence-electron chi connectivity index (χ4n) is 2.90. The molecule has 7 nitrogen and oxygen atoms in total. The van der Waals surface area contributed by atoms with Crippen LogP contribution in [0.25, 0.3) is 16.7 Å². The zero-order valence-electron chi connectivity index (χ0n) is 13.5. The van der Waals surface area contributed by atoms with E-state index in [4.69, 9.17) is 5.73 Å². The van der Waals surface area contributed by atoms with E-state index in [1.54, 1.807) is 53.2 Å². The second kappa shape index (κ2) is 5.85. The third-order valence-corrected chi connectivity index (χ3v) is 5.87. The molecule has 0 bridgehead atoms. The topological polar surface area (TPSA) is 111 Å². The molecule has 4 aromatic rings. The summed E-state index contributed by atoms with van der Waals surface area (Å²) in [7, 11) is -3.74. The molecule has 0 unspecified atom stereocenters. The van der Waals surface area contributed by atoms with Gasteiger partial charge in [0.1, 0.15) is 11.8 Å². The lowest BCUT2D eigenvalue weighted by atomic mass is 10.2. The van der Waals surface area contributed by atoms with Crippen molar-refractivity contribution in [2.24, 2.45) is 5.73 Å². The van der Waals surface area contributed by atoms with Crippen molar-refractivity contribution in [1.29, 1.82) is 0 Å². The van der Waals surface area contributed by atoms with E-state index in [0.717, 1.165) is 0 Å². The first-order valence-corrected chi connectivity index (χ1v) is 9.22. The van der Waals surface area contributed by atoms with Gasteiger partial charge in [-0.2, -0.15) is 0 Å². The summed E-state index contributed by atoms with van der Waals surface area (Å²) in [6, 6.07) is 14.8. The third-order valence-electron chi connectivity index (χ3n) is 4.11. The predicted octanol–water partition coefficient (Wildman–Crippen LogP) is 2.29. The van der Waals surface area contributed by atoms with Crippen LogP contribution in [0.15, 0.2) is 77.0 Å². The van der Waals surface area contributed by atoms with E-state index in [1.165, 1.54) is 18.5 Å². The van der Waals surface area contributed by atoms with Crippen LogP contribution in [0.3, 0.4) is 0 Å². The van der Waals surface area contributed by atoms with Crippen molar-refractivity contribution >= 4 is 26.8 Å². The van der Waals surface area contributed by atoms with Gasteiger partial charge in [-0.15, -0.1) is 0 Å². The SMILES string of the molecule is NC(=O)c1cccc2c1ncn2-c1cc[nH]c1S(=O)(=O)c1ccccc1. The van der Waals surface area contributed by atoms with Crippen LogP contribution in [0.4, 0.5) is 0 Å². The highest BCUT2D eigenvalue weighted by molar-refractivity contribution is 7.91. The molecule has 0 spiro atoms. The molecule has 2 heterocycles. The lowest BCUT2D eigenvalue weighted by Crippen LogP contribution is -2.11. The average molecular weight is 366 g/mol. The molecular weight excluding hydrogens is 352 g/mol. The van der Waals surface area contributed by atoms with Crippen molar-refractivity contribution in [1.82, 2.24) is 14.5 Å². The van der Waals surface area contributed by atoms with Crippen LogP contribution in [0, 0.1) is 0 Å². The number of amides is 1. The van der Waals surface area contributed by atoms with E-state index in [-0.39, 0.29) is 15.5 Å². The molecule has 1 amide bonds. The Morgan fingerprint density at radius 1 is 1.04 bits per heavy atom. The van der Waals surface area contributed by atoms with Crippen LogP contribution in [0.5, 0.6) is 0 Å². The largest absolute Gasteiger partial charge is 0.366 e. The van der Waals surface area contributed by atoms with Crippen molar-refractivity contribution in [3.8, 4) is 5.69 Å². The Balaban J connectivity index is 1.93. The number of hydrogen-bond donors (Lipinski definition) is 2. The molecule has 0 aliphatic rings. The number of carbonyl (C=O) groups excluding carboxylic acids is 1. The summed E-state index contributed by atoms with van der Waals surface area (Å²) in [5, 5.41) is 0.0486. The summed E-state index contributed by atoms with van der Waals surface area (Å²) >= 11 is 0. The predicted molar refractivity (Wildman–Crippen MR) is 95.8 cm³/mol. The number of aromatic nitrogens is 3. The number of sulfone groups is 1. The number of carbonyl (C=O) groups is 1. The molecule has 8 heteroatoms. The maximum atomic E-state index is 13.0. The third kappa shape index (κ3) is 2.39. The molecular formula is C18H14N4O3S. The zero-order chi connectivity index (χ0) is 18.3. The Hall–Kier alpha value is -3.39. The lowest BCUT2D eigenvalue weighted by molar-refractivity contribution is 0.100. The molecule has 130 valence electrons. The maximum absolute atomic E-state index is 13.0. The van der Waals surface area contributed by atoms with Crippen LogP contribution in [0.2, 0.25) is 0 Å². The second-order valence-corrected chi connectivity index (χ2v) is 7.55. The normalized spacial score (nSPS) is 11.7. The van der Waals surface area contributed by atoms with Gasteiger partial charge in [0.15, 0.2) is 5.03 Å². The number of nitrogens with zero attached hydrogens (tertiary/aromatic N) is 2. The van der Waals surface area contributed by atoms with E-state index < -0.39 is 15.7 Å². The maximum Gasteiger partial charge on any atom is 0.250 e. The summed E-state index contributed by atoms with van der Waals surface area (Å²) in [4.78, 5) is 18.8. The number of primary amides is 1. The van der Waals surface area contributed by atoms with Crippen molar-refractivity contribution in [3.63, 3.8) is 0 Å². The molecule has 0 fully saturated rings. The van der Waals surface area contributed by atoms with Gasteiger partial charge >= 0.3 is 0 Å². The number of hydrogen-bond acceptors (Lipinski definition) is 4. The summed E-state index contributed by atoms with van der Waals surface area (Å²) in [5.74, 6) is -0.591. The van der Waals surface area contributed by atoms with Gasteiger partial charge in [-0.1, -0.05) is 24.3 Å². The van der Waals surface area contributed by atoms with Gasteiger partial charge in [-0.3, -0.25) is 9.36 Å². The molecule has 2 aromatic heterocycles.